The van der Waals surface area contributed by atoms with Crippen LogP contribution in [0.25, 0.3) is 98.8 Å². The largest absolute Gasteiger partial charge is 0.309 e. The lowest BCUT2D eigenvalue weighted by atomic mass is 9.85. The van der Waals surface area contributed by atoms with E-state index in [2.05, 4.69) is 139 Å². The Bertz CT molecular complexity index is 3380. The van der Waals surface area contributed by atoms with Crippen LogP contribution in [-0.2, 0) is 10.8 Å². The molecule has 62 heavy (non-hydrogen) atoms. The second-order valence-electron chi connectivity index (χ2n) is 18.0. The molecule has 10 rings (SSSR count). The second kappa shape index (κ2) is 14.4. The minimum atomic E-state index is -0.0491. The van der Waals surface area contributed by atoms with Gasteiger partial charge < -0.3 is 4.57 Å². The van der Waals surface area contributed by atoms with Gasteiger partial charge in [0.05, 0.1) is 40.9 Å². The maximum atomic E-state index is 8.18. The smallest absolute Gasteiger partial charge is 0.238 e. The van der Waals surface area contributed by atoms with E-state index in [1.807, 2.05) is 72.8 Å². The van der Waals surface area contributed by atoms with Crippen molar-refractivity contribution in [1.82, 2.24) is 24.1 Å². The van der Waals surface area contributed by atoms with Gasteiger partial charge in [0.25, 0.3) is 0 Å². The molecule has 0 aliphatic rings. The van der Waals surface area contributed by atoms with Gasteiger partial charge in [0, 0.05) is 32.7 Å². The molecule has 298 valence electrons. The highest BCUT2D eigenvalue weighted by atomic mass is 15.2. The number of hydrogen-bond donors (Lipinski definition) is 0. The van der Waals surface area contributed by atoms with Crippen LogP contribution in [0.2, 0.25) is 0 Å². The Morgan fingerprint density at radius 2 is 0.903 bits per heavy atom. The van der Waals surface area contributed by atoms with E-state index in [4.69, 9.17) is 28.1 Å². The Kier molecular flexibility index (Phi) is 8.91. The van der Waals surface area contributed by atoms with Crippen LogP contribution >= 0.6 is 0 Å². The molecule has 0 aliphatic heterocycles. The molecule has 0 bridgehead atoms. The zero-order valence-corrected chi connectivity index (χ0v) is 35.6. The molecule has 0 fully saturated rings. The second-order valence-corrected chi connectivity index (χ2v) is 18.0. The number of nitrogens with zero attached hydrogens (tertiary/aromatic N) is 7. The van der Waals surface area contributed by atoms with Gasteiger partial charge in [0.1, 0.15) is 0 Å². The lowest BCUT2D eigenvalue weighted by molar-refractivity contribution is 0.590. The highest BCUT2D eigenvalue weighted by Gasteiger charge is 2.25. The van der Waals surface area contributed by atoms with Crippen molar-refractivity contribution in [3.63, 3.8) is 0 Å². The first-order valence-electron chi connectivity index (χ1n) is 20.8. The summed E-state index contributed by atoms with van der Waals surface area (Å²) in [6.45, 7) is 29.2. The van der Waals surface area contributed by atoms with Gasteiger partial charge in [-0.15, -0.1) is 0 Å². The van der Waals surface area contributed by atoms with Gasteiger partial charge in [-0.05, 0) is 81.6 Å². The highest BCUT2D eigenvalue weighted by molar-refractivity contribution is 6.11. The van der Waals surface area contributed by atoms with E-state index in [9.17, 15) is 0 Å². The van der Waals surface area contributed by atoms with Crippen molar-refractivity contribution < 1.29 is 0 Å². The molecule has 0 radical (unpaired) electrons. The fourth-order valence-electron chi connectivity index (χ4n) is 8.67. The SMILES string of the molecule is [C-]#[N+]c1ccc(-c2ccccc2-c2nc(-c3cc([N+]#[C-])ccc3-n3c4ccc(C(C)(C)C)cc4c4cc(C(C)(C)C)ccc43)nc(-n3c4ccccc4c4ccccc43)n2)cc1. The predicted octanol–water partition coefficient (Wildman–Crippen LogP) is 14.8. The first-order chi connectivity index (χ1) is 29.9. The van der Waals surface area contributed by atoms with Crippen molar-refractivity contribution in [2.45, 2.75) is 52.4 Å². The standard InChI is InChI=1S/C55H43N7/c1-54(2,3)35-23-28-48-43(31-35)44-32-36(55(4,5)6)24-29-49(44)61(48)50-30-27-38(57-8)33-45(50)52-58-51(42-18-10-9-15-39(42)34-21-25-37(56-7)26-22-34)59-53(60-52)62-46-19-13-11-16-40(46)41-17-12-14-20-47(41)62/h9-33H,1-6H3. The van der Waals surface area contributed by atoms with Gasteiger partial charge in [-0.1, -0.05) is 145 Å². The topological polar surface area (TPSA) is 57.2 Å². The Labute approximate surface area is 361 Å². The molecule has 3 heterocycles. The van der Waals surface area contributed by atoms with Crippen LogP contribution in [0.5, 0.6) is 0 Å². The van der Waals surface area contributed by atoms with E-state index in [1.54, 1.807) is 0 Å². The Balaban J connectivity index is 1.30. The van der Waals surface area contributed by atoms with Crippen molar-refractivity contribution in [2.75, 3.05) is 0 Å². The quantitative estimate of drug-likeness (QED) is 0.163. The molecule has 0 amide bonds. The van der Waals surface area contributed by atoms with Crippen LogP contribution in [0.4, 0.5) is 11.4 Å². The molecule has 7 nitrogen and oxygen atoms in total. The summed E-state index contributed by atoms with van der Waals surface area (Å²) in [6, 6.07) is 51.8. The Morgan fingerprint density at radius 1 is 0.419 bits per heavy atom. The monoisotopic (exact) mass is 801 g/mol. The summed E-state index contributed by atoms with van der Waals surface area (Å²) >= 11 is 0. The van der Waals surface area contributed by atoms with E-state index in [1.165, 1.54) is 21.9 Å². The van der Waals surface area contributed by atoms with Crippen LogP contribution in [0.1, 0.15) is 52.7 Å². The number of aromatic nitrogens is 5. The molecule has 10 aromatic rings. The van der Waals surface area contributed by atoms with Gasteiger partial charge in [-0.2, -0.15) is 9.97 Å². The number of rotatable bonds is 5. The maximum absolute atomic E-state index is 8.18. The third-order valence-electron chi connectivity index (χ3n) is 12.0. The zero-order valence-electron chi connectivity index (χ0n) is 35.6. The fraction of sp³-hybridized carbons (Fsp3) is 0.145. The third kappa shape index (κ3) is 6.38. The number of para-hydroxylation sites is 2. The summed E-state index contributed by atoms with van der Waals surface area (Å²) in [6.07, 6.45) is 0. The molecule has 0 atom stereocenters. The molecular formula is C55H43N7. The normalized spacial score (nSPS) is 12.0. The first-order valence-corrected chi connectivity index (χ1v) is 20.8. The number of benzene rings is 7. The first kappa shape index (κ1) is 38.3. The van der Waals surface area contributed by atoms with Crippen LogP contribution in [-0.4, -0.2) is 24.1 Å². The average molecular weight is 802 g/mol. The summed E-state index contributed by atoms with van der Waals surface area (Å²) in [5.74, 6) is 1.40. The number of fused-ring (bicyclic) bond motifs is 6. The minimum absolute atomic E-state index is 0.0491. The van der Waals surface area contributed by atoms with Crippen LogP contribution in [0, 0.1) is 13.1 Å². The molecule has 3 aromatic heterocycles. The molecule has 0 spiro atoms. The molecular weight excluding hydrogens is 759 g/mol. The van der Waals surface area contributed by atoms with Crippen molar-refractivity contribution in [3.05, 3.63) is 186 Å². The van der Waals surface area contributed by atoms with Crippen molar-refractivity contribution in [3.8, 4) is 45.5 Å². The third-order valence-corrected chi connectivity index (χ3v) is 12.0. The van der Waals surface area contributed by atoms with Crippen LogP contribution < -0.4 is 0 Å². The van der Waals surface area contributed by atoms with E-state index < -0.39 is 0 Å². The highest BCUT2D eigenvalue weighted by Crippen LogP contribution is 2.42. The zero-order chi connectivity index (χ0) is 42.9. The summed E-state index contributed by atoms with van der Waals surface area (Å²) in [5.41, 5.74) is 11.8. The molecule has 0 N–H and O–H groups in total. The lowest BCUT2D eigenvalue weighted by Crippen LogP contribution is -2.10. The Hall–Kier alpha value is -7.87. The lowest BCUT2D eigenvalue weighted by Gasteiger charge is -2.19. The minimum Gasteiger partial charge on any atom is -0.309 e. The van der Waals surface area contributed by atoms with Gasteiger partial charge in [-0.25, -0.2) is 14.7 Å². The predicted molar refractivity (Wildman–Crippen MR) is 255 cm³/mol. The van der Waals surface area contributed by atoms with E-state index in [0.29, 0.717) is 34.5 Å². The van der Waals surface area contributed by atoms with Gasteiger partial charge in [-0.3, -0.25) is 4.57 Å². The summed E-state index contributed by atoms with van der Waals surface area (Å²) in [5, 5.41) is 4.52. The van der Waals surface area contributed by atoms with E-state index in [0.717, 1.165) is 55.2 Å². The van der Waals surface area contributed by atoms with E-state index in [-0.39, 0.29) is 10.8 Å². The van der Waals surface area contributed by atoms with Gasteiger partial charge >= 0.3 is 0 Å². The van der Waals surface area contributed by atoms with E-state index >= 15 is 0 Å². The van der Waals surface area contributed by atoms with Crippen molar-refractivity contribution >= 4 is 55.0 Å². The van der Waals surface area contributed by atoms with Crippen LogP contribution in [0.3, 0.4) is 0 Å². The van der Waals surface area contributed by atoms with Gasteiger partial charge in [0.2, 0.25) is 5.95 Å². The molecule has 0 saturated carbocycles. The van der Waals surface area contributed by atoms with Crippen molar-refractivity contribution in [1.29, 1.82) is 0 Å². The Morgan fingerprint density at radius 3 is 1.45 bits per heavy atom. The van der Waals surface area contributed by atoms with Crippen LogP contribution in [0.15, 0.2) is 152 Å². The molecule has 7 heteroatoms. The summed E-state index contributed by atoms with van der Waals surface area (Å²) < 4.78 is 4.43. The summed E-state index contributed by atoms with van der Waals surface area (Å²) in [4.78, 5) is 23.6. The summed E-state index contributed by atoms with van der Waals surface area (Å²) in [7, 11) is 0. The molecule has 0 unspecified atom stereocenters. The maximum Gasteiger partial charge on any atom is 0.238 e. The molecule has 0 saturated heterocycles. The number of hydrogen-bond acceptors (Lipinski definition) is 3. The average Bonchev–Trinajstić information content (AvgIpc) is 3.80. The molecule has 0 aliphatic carbocycles. The van der Waals surface area contributed by atoms with Gasteiger partial charge in [0.15, 0.2) is 23.0 Å². The molecule has 7 aromatic carbocycles. The fourth-order valence-corrected chi connectivity index (χ4v) is 8.67. The van der Waals surface area contributed by atoms with Crippen molar-refractivity contribution in [2.24, 2.45) is 0 Å².